The first kappa shape index (κ1) is 16.3. The second kappa shape index (κ2) is 8.37. The molecule has 0 unspecified atom stereocenters. The summed E-state index contributed by atoms with van der Waals surface area (Å²) in [6, 6.07) is 5.32. The Hall–Kier alpha value is -1.10. The highest BCUT2D eigenvalue weighted by Crippen LogP contribution is 2.24. The number of ketones is 1. The third kappa shape index (κ3) is 4.99. The number of Topliss-reactive ketones (excluding diaryl/α,β-unsaturated/α-hetero) is 1. The lowest BCUT2D eigenvalue weighted by molar-refractivity contribution is 0.0961. The third-order valence-electron chi connectivity index (χ3n) is 3.58. The van der Waals surface area contributed by atoms with Crippen LogP contribution in [-0.2, 0) is 0 Å². The van der Waals surface area contributed by atoms with E-state index in [1.807, 2.05) is 6.07 Å². The van der Waals surface area contributed by atoms with Crippen molar-refractivity contribution in [1.82, 2.24) is 10.2 Å². The molecule has 0 atom stereocenters. The molecule has 1 heterocycles. The summed E-state index contributed by atoms with van der Waals surface area (Å²) in [5.74, 6) is 0.820. The van der Waals surface area contributed by atoms with Crippen molar-refractivity contribution in [3.8, 4) is 5.75 Å². The molecule has 1 saturated heterocycles. The van der Waals surface area contributed by atoms with Crippen LogP contribution in [0, 0.1) is 0 Å². The second-order valence-electron chi connectivity index (χ2n) is 5.25. The van der Waals surface area contributed by atoms with Gasteiger partial charge in [-0.3, -0.25) is 4.79 Å². The van der Waals surface area contributed by atoms with Gasteiger partial charge in [-0.25, -0.2) is 0 Å². The highest BCUT2D eigenvalue weighted by atomic mass is 35.5. The molecule has 0 bridgehead atoms. The molecule has 0 radical (unpaired) electrons. The van der Waals surface area contributed by atoms with Crippen molar-refractivity contribution in [1.29, 1.82) is 0 Å². The van der Waals surface area contributed by atoms with E-state index in [-0.39, 0.29) is 5.78 Å². The first-order valence-corrected chi connectivity index (χ1v) is 7.97. The molecule has 1 fully saturated rings. The van der Waals surface area contributed by atoms with Crippen LogP contribution >= 0.6 is 11.6 Å². The van der Waals surface area contributed by atoms with E-state index in [2.05, 4.69) is 17.1 Å². The summed E-state index contributed by atoms with van der Waals surface area (Å²) in [5.41, 5.74) is 0.593. The maximum Gasteiger partial charge on any atom is 0.165 e. The molecule has 4 nitrogen and oxygen atoms in total. The minimum absolute atomic E-state index is 0.0978. The van der Waals surface area contributed by atoms with Gasteiger partial charge in [0.2, 0.25) is 0 Å². The molecule has 1 N–H and O–H groups in total. The van der Waals surface area contributed by atoms with Crippen LogP contribution in [0.4, 0.5) is 0 Å². The Kier molecular flexibility index (Phi) is 6.49. The van der Waals surface area contributed by atoms with Crippen LogP contribution in [0.5, 0.6) is 5.75 Å². The standard InChI is InChI=1S/C16H23ClN2O2/c1-2-11-21-13-3-4-14(15(17)12-13)16(20)5-8-19-9-6-18-7-10-19/h3-4,12,18H,2,5-11H2,1H3. The Morgan fingerprint density at radius 2 is 2.14 bits per heavy atom. The Labute approximate surface area is 131 Å². The van der Waals surface area contributed by atoms with Gasteiger partial charge in [-0.1, -0.05) is 18.5 Å². The van der Waals surface area contributed by atoms with Gasteiger partial charge < -0.3 is 15.0 Å². The van der Waals surface area contributed by atoms with Gasteiger partial charge in [-0.2, -0.15) is 0 Å². The summed E-state index contributed by atoms with van der Waals surface area (Å²) in [6.45, 7) is 7.51. The Bertz CT molecular complexity index is 473. The number of ether oxygens (including phenoxy) is 1. The minimum atomic E-state index is 0.0978. The lowest BCUT2D eigenvalue weighted by atomic mass is 10.1. The number of piperazine rings is 1. The van der Waals surface area contributed by atoms with E-state index in [4.69, 9.17) is 16.3 Å². The molecule has 1 aliphatic heterocycles. The number of carbonyl (C=O) groups excluding carboxylic acids is 1. The normalized spacial score (nSPS) is 15.9. The van der Waals surface area contributed by atoms with Gasteiger partial charge in [0.1, 0.15) is 5.75 Å². The molecule has 21 heavy (non-hydrogen) atoms. The van der Waals surface area contributed by atoms with Gasteiger partial charge in [-0.15, -0.1) is 0 Å². The van der Waals surface area contributed by atoms with Gasteiger partial charge in [0.05, 0.1) is 11.6 Å². The Morgan fingerprint density at radius 3 is 2.81 bits per heavy atom. The predicted molar refractivity (Wildman–Crippen MR) is 85.5 cm³/mol. The maximum atomic E-state index is 12.3. The van der Waals surface area contributed by atoms with Crippen LogP contribution in [-0.4, -0.2) is 50.0 Å². The average Bonchev–Trinajstić information content (AvgIpc) is 2.51. The SMILES string of the molecule is CCCOc1ccc(C(=O)CCN2CCNCC2)c(Cl)c1. The van der Waals surface area contributed by atoms with Gasteiger partial charge in [0.15, 0.2) is 5.78 Å². The Balaban J connectivity index is 1.89. The fraction of sp³-hybridized carbons (Fsp3) is 0.562. The van der Waals surface area contributed by atoms with Crippen LogP contribution in [0.3, 0.4) is 0 Å². The first-order valence-electron chi connectivity index (χ1n) is 7.59. The smallest absolute Gasteiger partial charge is 0.165 e. The van der Waals surface area contributed by atoms with E-state index in [1.54, 1.807) is 12.1 Å². The van der Waals surface area contributed by atoms with Crippen LogP contribution in [0.25, 0.3) is 0 Å². The molecule has 0 aliphatic carbocycles. The summed E-state index contributed by atoms with van der Waals surface area (Å²) in [4.78, 5) is 14.6. The van der Waals surface area contributed by atoms with E-state index < -0.39 is 0 Å². The zero-order valence-electron chi connectivity index (χ0n) is 12.5. The van der Waals surface area contributed by atoms with Crippen molar-refractivity contribution in [3.63, 3.8) is 0 Å². The molecule has 5 heteroatoms. The molecule has 0 amide bonds. The van der Waals surface area contributed by atoms with Gasteiger partial charge in [-0.05, 0) is 24.6 Å². The number of benzene rings is 1. The quantitative estimate of drug-likeness (QED) is 0.786. The molecule has 0 aromatic heterocycles. The van der Waals surface area contributed by atoms with Crippen molar-refractivity contribution in [2.45, 2.75) is 19.8 Å². The number of rotatable bonds is 7. The van der Waals surface area contributed by atoms with Crippen LogP contribution in [0.15, 0.2) is 18.2 Å². The number of nitrogens with zero attached hydrogens (tertiary/aromatic N) is 1. The molecule has 1 aromatic carbocycles. The first-order chi connectivity index (χ1) is 10.2. The summed E-state index contributed by atoms with van der Waals surface area (Å²) >= 11 is 6.20. The highest BCUT2D eigenvalue weighted by Gasteiger charge is 2.15. The van der Waals surface area contributed by atoms with E-state index >= 15 is 0 Å². The fourth-order valence-corrected chi connectivity index (χ4v) is 2.64. The molecule has 116 valence electrons. The average molecular weight is 311 g/mol. The maximum absolute atomic E-state index is 12.3. The minimum Gasteiger partial charge on any atom is -0.494 e. The van der Waals surface area contributed by atoms with Crippen LogP contribution in [0.1, 0.15) is 30.1 Å². The molecule has 1 aliphatic rings. The number of hydrogen-bond acceptors (Lipinski definition) is 4. The van der Waals surface area contributed by atoms with Crippen molar-refractivity contribution < 1.29 is 9.53 Å². The summed E-state index contributed by atoms with van der Waals surface area (Å²) in [6.07, 6.45) is 1.46. The van der Waals surface area contributed by atoms with Gasteiger partial charge in [0.25, 0.3) is 0 Å². The second-order valence-corrected chi connectivity index (χ2v) is 5.66. The largest absolute Gasteiger partial charge is 0.494 e. The van der Waals surface area contributed by atoms with Crippen LogP contribution < -0.4 is 10.1 Å². The molecule has 0 saturated carbocycles. The van der Waals surface area contributed by atoms with Crippen LogP contribution in [0.2, 0.25) is 5.02 Å². The zero-order valence-corrected chi connectivity index (χ0v) is 13.3. The van der Waals surface area contributed by atoms with E-state index in [1.165, 1.54) is 0 Å². The number of nitrogens with one attached hydrogen (secondary N) is 1. The summed E-state index contributed by atoms with van der Waals surface area (Å²) in [7, 11) is 0. The van der Waals surface area contributed by atoms with E-state index in [0.717, 1.165) is 44.9 Å². The highest BCUT2D eigenvalue weighted by molar-refractivity contribution is 6.34. The predicted octanol–water partition coefficient (Wildman–Crippen LogP) is 2.61. The fourth-order valence-electron chi connectivity index (χ4n) is 2.36. The van der Waals surface area contributed by atoms with E-state index in [9.17, 15) is 4.79 Å². The van der Waals surface area contributed by atoms with Crippen molar-refractivity contribution in [2.24, 2.45) is 0 Å². The van der Waals surface area contributed by atoms with Crippen molar-refractivity contribution in [2.75, 3.05) is 39.3 Å². The number of carbonyl (C=O) groups is 1. The van der Waals surface area contributed by atoms with Crippen molar-refractivity contribution >= 4 is 17.4 Å². The molecule has 0 spiro atoms. The topological polar surface area (TPSA) is 41.6 Å². The molecule has 2 rings (SSSR count). The van der Waals surface area contributed by atoms with Gasteiger partial charge >= 0.3 is 0 Å². The molecule has 1 aromatic rings. The monoisotopic (exact) mass is 310 g/mol. The molecular formula is C16H23ClN2O2. The van der Waals surface area contributed by atoms with Gasteiger partial charge in [0, 0.05) is 44.7 Å². The lowest BCUT2D eigenvalue weighted by Gasteiger charge is -2.26. The Morgan fingerprint density at radius 1 is 1.38 bits per heavy atom. The molecular weight excluding hydrogens is 288 g/mol. The summed E-state index contributed by atoms with van der Waals surface area (Å²) < 4.78 is 5.51. The summed E-state index contributed by atoms with van der Waals surface area (Å²) in [5, 5.41) is 3.78. The number of hydrogen-bond donors (Lipinski definition) is 1. The number of halogens is 1. The lowest BCUT2D eigenvalue weighted by Crippen LogP contribution is -2.44. The third-order valence-corrected chi connectivity index (χ3v) is 3.89. The van der Waals surface area contributed by atoms with E-state index in [0.29, 0.717) is 23.6 Å². The zero-order chi connectivity index (χ0) is 15.1. The van der Waals surface area contributed by atoms with Crippen molar-refractivity contribution in [3.05, 3.63) is 28.8 Å².